The summed E-state index contributed by atoms with van der Waals surface area (Å²) in [6.07, 6.45) is 35.9. The molecule has 0 saturated carbocycles. The summed E-state index contributed by atoms with van der Waals surface area (Å²) in [5.74, 6) is 0. The Hall–Kier alpha value is -0.300. The molecule has 0 spiro atoms. The van der Waals surface area contributed by atoms with Gasteiger partial charge >= 0.3 is 0 Å². The highest BCUT2D eigenvalue weighted by Crippen LogP contribution is 2.17. The molecular formula is C29H59N. The van der Waals surface area contributed by atoms with E-state index < -0.39 is 0 Å². The van der Waals surface area contributed by atoms with Crippen LogP contribution >= 0.6 is 0 Å². The van der Waals surface area contributed by atoms with Crippen molar-refractivity contribution in [3.63, 3.8) is 0 Å². The summed E-state index contributed by atoms with van der Waals surface area (Å²) in [7, 11) is 4.55. The third kappa shape index (κ3) is 22.4. The van der Waals surface area contributed by atoms with E-state index in [0.29, 0.717) is 0 Å². The Labute approximate surface area is 192 Å². The maximum atomic E-state index is 2.47. The summed E-state index contributed by atoms with van der Waals surface area (Å²) in [6, 6.07) is 0.798. The summed E-state index contributed by atoms with van der Waals surface area (Å²) >= 11 is 0. The van der Waals surface area contributed by atoms with Crippen LogP contribution in [-0.2, 0) is 0 Å². The topological polar surface area (TPSA) is 3.24 Å². The molecule has 0 aromatic rings. The number of unbranched alkanes of at least 4 members (excludes halogenated alkanes) is 17. The summed E-state index contributed by atoms with van der Waals surface area (Å²) in [6.45, 7) is 4.60. The fraction of sp³-hybridized carbons (Fsp3) is 0.931. The number of hydrogen-bond donors (Lipinski definition) is 0. The van der Waals surface area contributed by atoms with E-state index in [9.17, 15) is 0 Å². The van der Waals surface area contributed by atoms with Crippen LogP contribution in [0.5, 0.6) is 0 Å². The van der Waals surface area contributed by atoms with Crippen LogP contribution in [0.4, 0.5) is 0 Å². The number of rotatable bonds is 24. The third-order valence-electron chi connectivity index (χ3n) is 6.67. The van der Waals surface area contributed by atoms with Crippen LogP contribution in [-0.4, -0.2) is 25.0 Å². The number of hydrogen-bond acceptors (Lipinski definition) is 1. The van der Waals surface area contributed by atoms with Gasteiger partial charge in [0.15, 0.2) is 0 Å². The maximum Gasteiger partial charge on any atom is 0.00891 e. The van der Waals surface area contributed by atoms with Crippen molar-refractivity contribution in [1.29, 1.82) is 0 Å². The lowest BCUT2D eigenvalue weighted by atomic mass is 10.00. The predicted molar refractivity (Wildman–Crippen MR) is 140 cm³/mol. The Morgan fingerprint density at radius 2 is 0.800 bits per heavy atom. The average molecular weight is 422 g/mol. The molecule has 0 bridgehead atoms. The SMILES string of the molecule is CCCCCCCCCCC/C=C/CCCCC(CCCCCCCCC)N(C)C. The highest BCUT2D eigenvalue weighted by molar-refractivity contribution is 4.81. The van der Waals surface area contributed by atoms with Gasteiger partial charge in [-0.2, -0.15) is 0 Å². The Kier molecular flexibility index (Phi) is 24.7. The summed E-state index contributed by atoms with van der Waals surface area (Å²) in [5, 5.41) is 0. The van der Waals surface area contributed by atoms with Crippen LogP contribution < -0.4 is 0 Å². The van der Waals surface area contributed by atoms with E-state index in [1.807, 2.05) is 0 Å². The first-order valence-corrected chi connectivity index (χ1v) is 14.0. The van der Waals surface area contributed by atoms with Gasteiger partial charge in [0, 0.05) is 6.04 Å². The van der Waals surface area contributed by atoms with Gasteiger partial charge in [-0.25, -0.2) is 0 Å². The normalized spacial score (nSPS) is 13.0. The van der Waals surface area contributed by atoms with Gasteiger partial charge in [-0.1, -0.05) is 129 Å². The third-order valence-corrected chi connectivity index (χ3v) is 6.67. The molecule has 0 aromatic heterocycles. The second kappa shape index (κ2) is 25.0. The molecule has 0 amide bonds. The zero-order chi connectivity index (χ0) is 22.1. The van der Waals surface area contributed by atoms with E-state index in [1.54, 1.807) is 0 Å². The van der Waals surface area contributed by atoms with Crippen LogP contribution in [0.2, 0.25) is 0 Å². The molecule has 1 unspecified atom stereocenters. The molecule has 1 heteroatoms. The molecular weight excluding hydrogens is 362 g/mol. The molecule has 0 radical (unpaired) electrons. The van der Waals surface area contributed by atoms with E-state index in [2.05, 4.69) is 45.0 Å². The molecule has 1 atom stereocenters. The van der Waals surface area contributed by atoms with Crippen molar-refractivity contribution >= 4 is 0 Å². The van der Waals surface area contributed by atoms with Gasteiger partial charge in [0.25, 0.3) is 0 Å². The zero-order valence-electron chi connectivity index (χ0n) is 21.7. The molecule has 0 rings (SSSR count). The number of nitrogens with zero attached hydrogens (tertiary/aromatic N) is 1. The minimum Gasteiger partial charge on any atom is -0.306 e. The van der Waals surface area contributed by atoms with Crippen molar-refractivity contribution in [2.75, 3.05) is 14.1 Å². The Bertz CT molecular complexity index is 333. The molecule has 0 heterocycles. The van der Waals surface area contributed by atoms with Crippen molar-refractivity contribution < 1.29 is 0 Å². The van der Waals surface area contributed by atoms with Crippen LogP contribution in [0, 0.1) is 0 Å². The molecule has 0 aliphatic heterocycles. The van der Waals surface area contributed by atoms with Gasteiger partial charge in [-0.15, -0.1) is 0 Å². The standard InChI is InChI=1S/C29H59N/c1-5-7-9-11-13-14-15-16-17-18-19-20-22-24-26-28-29(30(3)4)27-25-23-21-12-10-8-6-2/h19-20,29H,5-18,21-28H2,1-4H3/b20-19+. The van der Waals surface area contributed by atoms with E-state index in [0.717, 1.165) is 6.04 Å². The smallest absolute Gasteiger partial charge is 0.00891 e. The molecule has 0 N–H and O–H groups in total. The molecule has 0 aromatic carbocycles. The zero-order valence-corrected chi connectivity index (χ0v) is 21.7. The minimum absolute atomic E-state index is 0.798. The van der Waals surface area contributed by atoms with Crippen molar-refractivity contribution in [2.24, 2.45) is 0 Å². The molecule has 0 fully saturated rings. The van der Waals surface area contributed by atoms with E-state index in [-0.39, 0.29) is 0 Å². The monoisotopic (exact) mass is 421 g/mol. The lowest BCUT2D eigenvalue weighted by Crippen LogP contribution is -2.27. The Morgan fingerprint density at radius 3 is 1.23 bits per heavy atom. The van der Waals surface area contributed by atoms with Crippen LogP contribution in [0.25, 0.3) is 0 Å². The molecule has 30 heavy (non-hydrogen) atoms. The van der Waals surface area contributed by atoms with Crippen LogP contribution in [0.15, 0.2) is 12.2 Å². The van der Waals surface area contributed by atoms with E-state index in [4.69, 9.17) is 0 Å². The molecule has 0 aliphatic carbocycles. The van der Waals surface area contributed by atoms with Crippen molar-refractivity contribution in [3.05, 3.63) is 12.2 Å². The summed E-state index contributed by atoms with van der Waals surface area (Å²) in [5.41, 5.74) is 0. The average Bonchev–Trinajstić information content (AvgIpc) is 2.74. The molecule has 1 nitrogen and oxygen atoms in total. The fourth-order valence-electron chi connectivity index (χ4n) is 4.45. The maximum absolute atomic E-state index is 2.47. The minimum atomic E-state index is 0.798. The number of allylic oxidation sites excluding steroid dienone is 2. The van der Waals surface area contributed by atoms with Gasteiger partial charge in [0.2, 0.25) is 0 Å². The van der Waals surface area contributed by atoms with Gasteiger partial charge in [-0.05, 0) is 52.6 Å². The quantitative estimate of drug-likeness (QED) is 0.111. The predicted octanol–water partition coefficient (Wildman–Crippen LogP) is 10.1. The largest absolute Gasteiger partial charge is 0.306 e. The van der Waals surface area contributed by atoms with Crippen molar-refractivity contribution in [3.8, 4) is 0 Å². The van der Waals surface area contributed by atoms with Crippen LogP contribution in [0.3, 0.4) is 0 Å². The van der Waals surface area contributed by atoms with Crippen LogP contribution in [0.1, 0.15) is 155 Å². The molecule has 0 aliphatic rings. The first-order chi connectivity index (χ1) is 14.7. The summed E-state index contributed by atoms with van der Waals surface area (Å²) in [4.78, 5) is 2.47. The van der Waals surface area contributed by atoms with Gasteiger partial charge in [0.05, 0.1) is 0 Å². The Balaban J connectivity index is 3.46. The van der Waals surface area contributed by atoms with Crippen molar-refractivity contribution in [1.82, 2.24) is 4.90 Å². The highest BCUT2D eigenvalue weighted by Gasteiger charge is 2.10. The first kappa shape index (κ1) is 29.7. The second-order valence-electron chi connectivity index (χ2n) is 9.90. The van der Waals surface area contributed by atoms with E-state index in [1.165, 1.54) is 141 Å². The lowest BCUT2D eigenvalue weighted by molar-refractivity contribution is 0.252. The Morgan fingerprint density at radius 1 is 0.467 bits per heavy atom. The van der Waals surface area contributed by atoms with Gasteiger partial charge < -0.3 is 4.90 Å². The molecule has 0 saturated heterocycles. The molecule has 180 valence electrons. The second-order valence-corrected chi connectivity index (χ2v) is 9.90. The first-order valence-electron chi connectivity index (χ1n) is 14.0. The van der Waals surface area contributed by atoms with Crippen molar-refractivity contribution in [2.45, 2.75) is 161 Å². The summed E-state index contributed by atoms with van der Waals surface area (Å²) < 4.78 is 0. The fourth-order valence-corrected chi connectivity index (χ4v) is 4.45. The van der Waals surface area contributed by atoms with Gasteiger partial charge in [0.1, 0.15) is 0 Å². The lowest BCUT2D eigenvalue weighted by Gasteiger charge is -2.24. The highest BCUT2D eigenvalue weighted by atomic mass is 15.1. The van der Waals surface area contributed by atoms with E-state index >= 15 is 0 Å². The van der Waals surface area contributed by atoms with Gasteiger partial charge in [-0.3, -0.25) is 0 Å².